The molecule has 9 heavy (non-hydrogen) atoms. The molecule has 0 amide bonds. The minimum absolute atomic E-state index is 0.0131. The van der Waals surface area contributed by atoms with E-state index in [4.69, 9.17) is 0 Å². The first-order chi connectivity index (χ1) is 4.31. The summed E-state index contributed by atoms with van der Waals surface area (Å²) >= 11 is 0. The van der Waals surface area contributed by atoms with E-state index >= 15 is 0 Å². The third-order valence-electron chi connectivity index (χ3n) is 0.834. The zero-order chi connectivity index (χ0) is 7.11. The highest BCUT2D eigenvalue weighted by Crippen LogP contribution is 1.88. The number of carbonyl (C=O) groups excluding carboxylic acids is 2. The maximum absolute atomic E-state index is 10.5. The van der Waals surface area contributed by atoms with Gasteiger partial charge in [-0.15, -0.1) is 0 Å². The van der Waals surface area contributed by atoms with Crippen LogP contribution in [0.4, 0.5) is 0 Å². The van der Waals surface area contributed by atoms with Gasteiger partial charge in [-0.3, -0.25) is 9.59 Å². The van der Waals surface area contributed by atoms with Crippen LogP contribution in [-0.4, -0.2) is 12.1 Å². The molecular weight excluding hydrogens is 116 g/mol. The van der Waals surface area contributed by atoms with E-state index in [1.54, 1.807) is 0 Å². The Hall–Kier alpha value is -0.920. The maximum Gasteiger partial charge on any atom is 0.225 e. The fourth-order valence-corrected chi connectivity index (χ4v) is 0.457. The molecule has 0 heterocycles. The van der Waals surface area contributed by atoms with Crippen molar-refractivity contribution in [3.63, 3.8) is 0 Å². The molecule has 0 saturated carbocycles. The van der Waals surface area contributed by atoms with Crippen molar-refractivity contribution in [3.8, 4) is 0 Å². The number of allylic oxidation sites excluding steroid dienone is 2. The molecule has 1 radical (unpaired) electrons. The highest BCUT2D eigenvalue weighted by atomic mass is 16.1. The average molecular weight is 125 g/mol. The second-order valence-electron chi connectivity index (χ2n) is 1.67. The van der Waals surface area contributed by atoms with Crippen LogP contribution in [0.1, 0.15) is 19.8 Å². The van der Waals surface area contributed by atoms with Crippen molar-refractivity contribution in [3.05, 3.63) is 12.2 Å². The fraction of sp³-hybridized carbons (Fsp3) is 0.429. The van der Waals surface area contributed by atoms with Crippen LogP contribution in [0.2, 0.25) is 0 Å². The van der Waals surface area contributed by atoms with Gasteiger partial charge in [-0.25, -0.2) is 0 Å². The van der Waals surface area contributed by atoms with Crippen molar-refractivity contribution in [1.29, 1.82) is 0 Å². The number of rotatable bonds is 4. The van der Waals surface area contributed by atoms with Crippen molar-refractivity contribution in [2.45, 2.75) is 19.8 Å². The van der Waals surface area contributed by atoms with E-state index < -0.39 is 0 Å². The molecule has 0 saturated heterocycles. The third kappa shape index (κ3) is 4.94. The lowest BCUT2D eigenvalue weighted by atomic mass is 10.2. The molecule has 0 fully saturated rings. The Balaban J connectivity index is 3.49. The number of hydrogen-bond acceptors (Lipinski definition) is 2. The lowest BCUT2D eigenvalue weighted by molar-refractivity contribution is -0.114. The molecule has 2 heteroatoms. The summed E-state index contributed by atoms with van der Waals surface area (Å²) in [6, 6.07) is 0. The molecule has 0 aromatic heterocycles. The van der Waals surface area contributed by atoms with Gasteiger partial charge in [-0.1, -0.05) is 6.92 Å². The smallest absolute Gasteiger partial charge is 0.225 e. The van der Waals surface area contributed by atoms with Crippen LogP contribution in [0.25, 0.3) is 0 Å². The van der Waals surface area contributed by atoms with Gasteiger partial charge >= 0.3 is 0 Å². The number of carbonyl (C=O) groups is 1. The molecule has 0 unspecified atom stereocenters. The van der Waals surface area contributed by atoms with Crippen LogP contribution < -0.4 is 0 Å². The highest BCUT2D eigenvalue weighted by Gasteiger charge is 1.90. The summed E-state index contributed by atoms with van der Waals surface area (Å²) in [4.78, 5) is 20.1. The Morgan fingerprint density at radius 3 is 2.78 bits per heavy atom. The van der Waals surface area contributed by atoms with E-state index in [1.807, 2.05) is 6.92 Å². The van der Waals surface area contributed by atoms with Gasteiger partial charge in [0, 0.05) is 6.42 Å². The van der Waals surface area contributed by atoms with Crippen LogP contribution in [0.15, 0.2) is 12.2 Å². The summed E-state index contributed by atoms with van der Waals surface area (Å²) < 4.78 is 0. The third-order valence-corrected chi connectivity index (χ3v) is 0.834. The van der Waals surface area contributed by atoms with Gasteiger partial charge in [0.1, 0.15) is 0 Å². The molecule has 49 valence electrons. The zero-order valence-electron chi connectivity index (χ0n) is 5.39. The molecule has 0 aromatic carbocycles. The monoisotopic (exact) mass is 125 g/mol. The van der Waals surface area contributed by atoms with Crippen molar-refractivity contribution >= 4 is 12.1 Å². The molecule has 0 aliphatic rings. The number of ketones is 1. The van der Waals surface area contributed by atoms with E-state index in [2.05, 4.69) is 0 Å². The van der Waals surface area contributed by atoms with E-state index in [-0.39, 0.29) is 5.78 Å². The van der Waals surface area contributed by atoms with Gasteiger partial charge in [0.15, 0.2) is 5.78 Å². The molecule has 0 spiro atoms. The first kappa shape index (κ1) is 8.08. The summed E-state index contributed by atoms with van der Waals surface area (Å²) in [6.45, 7) is 1.91. The van der Waals surface area contributed by atoms with Crippen LogP contribution in [0.5, 0.6) is 0 Å². The van der Waals surface area contributed by atoms with Gasteiger partial charge in [0.25, 0.3) is 0 Å². The largest absolute Gasteiger partial charge is 0.295 e. The maximum atomic E-state index is 10.5. The lowest BCUT2D eigenvalue weighted by Gasteiger charge is -1.84. The van der Waals surface area contributed by atoms with E-state index in [0.29, 0.717) is 6.42 Å². The summed E-state index contributed by atoms with van der Waals surface area (Å²) in [7, 11) is 0. The molecule has 2 nitrogen and oxygen atoms in total. The minimum atomic E-state index is -0.0131. The quantitative estimate of drug-likeness (QED) is 0.526. The molecule has 0 aromatic rings. The van der Waals surface area contributed by atoms with E-state index in [1.165, 1.54) is 12.4 Å². The summed E-state index contributed by atoms with van der Waals surface area (Å²) in [5, 5.41) is 0. The van der Waals surface area contributed by atoms with Crippen LogP contribution in [-0.2, 0) is 9.59 Å². The molecule has 0 N–H and O–H groups in total. The van der Waals surface area contributed by atoms with Gasteiger partial charge in [-0.2, -0.15) is 0 Å². The first-order valence-corrected chi connectivity index (χ1v) is 2.88. The normalized spacial score (nSPS) is 9.89. The van der Waals surface area contributed by atoms with Crippen molar-refractivity contribution in [1.82, 2.24) is 0 Å². The van der Waals surface area contributed by atoms with Gasteiger partial charge in [-0.05, 0) is 18.6 Å². The van der Waals surface area contributed by atoms with Crippen LogP contribution in [0.3, 0.4) is 0 Å². The summed E-state index contributed by atoms with van der Waals surface area (Å²) in [5.41, 5.74) is 0. The predicted molar refractivity (Wildman–Crippen MR) is 34.7 cm³/mol. The van der Waals surface area contributed by atoms with E-state index in [0.717, 1.165) is 12.5 Å². The Morgan fingerprint density at radius 2 is 2.33 bits per heavy atom. The van der Waals surface area contributed by atoms with Crippen molar-refractivity contribution < 1.29 is 9.59 Å². The molecule has 0 rings (SSSR count). The standard InChI is InChI=1S/C7H9O2/c1-2-4-7(9)5-3-6-8/h3,5H,2,4H2,1H3. The molecule has 0 atom stereocenters. The molecular formula is C7H9O2. The van der Waals surface area contributed by atoms with Gasteiger partial charge in [0.2, 0.25) is 6.29 Å². The van der Waals surface area contributed by atoms with Gasteiger partial charge < -0.3 is 0 Å². The topological polar surface area (TPSA) is 34.1 Å². The lowest BCUT2D eigenvalue weighted by Crippen LogP contribution is -1.89. The second-order valence-corrected chi connectivity index (χ2v) is 1.67. The van der Waals surface area contributed by atoms with Crippen molar-refractivity contribution in [2.24, 2.45) is 0 Å². The molecule has 0 aliphatic heterocycles. The summed E-state index contributed by atoms with van der Waals surface area (Å²) in [5.74, 6) is -0.0131. The average Bonchev–Trinajstić information content (AvgIpc) is 1.85. The van der Waals surface area contributed by atoms with Gasteiger partial charge in [0.05, 0.1) is 0 Å². The first-order valence-electron chi connectivity index (χ1n) is 2.88. The Morgan fingerprint density at radius 1 is 1.67 bits per heavy atom. The van der Waals surface area contributed by atoms with Crippen LogP contribution in [0, 0.1) is 0 Å². The Bertz CT molecular complexity index is 125. The molecule has 0 bridgehead atoms. The zero-order valence-corrected chi connectivity index (χ0v) is 5.39. The Kier molecular flexibility index (Phi) is 4.69. The van der Waals surface area contributed by atoms with Crippen molar-refractivity contribution in [2.75, 3.05) is 0 Å². The van der Waals surface area contributed by atoms with E-state index in [9.17, 15) is 9.59 Å². The number of hydrogen-bond donors (Lipinski definition) is 0. The molecule has 0 aliphatic carbocycles. The predicted octanol–water partition coefficient (Wildman–Crippen LogP) is 1.02. The minimum Gasteiger partial charge on any atom is -0.295 e. The SMILES string of the molecule is CCCC(=O)C=C[C]=O. The second kappa shape index (κ2) is 5.22. The highest BCUT2D eigenvalue weighted by molar-refractivity contribution is 5.92. The van der Waals surface area contributed by atoms with Crippen LogP contribution >= 0.6 is 0 Å². The fourth-order valence-electron chi connectivity index (χ4n) is 0.457. The Labute approximate surface area is 54.6 Å². The summed E-state index contributed by atoms with van der Waals surface area (Å²) in [6.07, 6.45) is 5.18.